The van der Waals surface area contributed by atoms with E-state index in [1.54, 1.807) is 6.92 Å². The fraction of sp³-hybridized carbons (Fsp3) is 0.882. The largest absolute Gasteiger partial charge is 0.466 e. The highest BCUT2D eigenvalue weighted by molar-refractivity contribution is 5.69. The number of carbonyl (C=O) groups excluding carboxylic acids is 2. The van der Waals surface area contributed by atoms with Crippen molar-refractivity contribution in [2.75, 3.05) is 13.2 Å². The van der Waals surface area contributed by atoms with Crippen LogP contribution in [-0.4, -0.2) is 31.3 Å². The van der Waals surface area contributed by atoms with Crippen molar-refractivity contribution in [3.05, 3.63) is 0 Å². The molecule has 0 aliphatic heterocycles. The lowest BCUT2D eigenvalue weighted by atomic mass is 9.75. The molecule has 1 aliphatic rings. The van der Waals surface area contributed by atoms with Crippen molar-refractivity contribution in [2.24, 2.45) is 17.8 Å². The molecule has 0 radical (unpaired) electrons. The summed E-state index contributed by atoms with van der Waals surface area (Å²) in [4.78, 5) is 23.1. The van der Waals surface area contributed by atoms with E-state index in [4.69, 9.17) is 9.47 Å². The monoisotopic (exact) mass is 313 g/mol. The first-order chi connectivity index (χ1) is 10.4. The quantitative estimate of drug-likeness (QED) is 0.577. The van der Waals surface area contributed by atoms with Gasteiger partial charge in [0.15, 0.2) is 0 Å². The summed E-state index contributed by atoms with van der Waals surface area (Å²) in [5.74, 6) is 1.35. The highest BCUT2D eigenvalue weighted by Gasteiger charge is 2.33. The van der Waals surface area contributed by atoms with Crippen LogP contribution in [0.5, 0.6) is 0 Å². The van der Waals surface area contributed by atoms with E-state index in [-0.39, 0.29) is 18.2 Å². The van der Waals surface area contributed by atoms with Crippen LogP contribution in [0.2, 0.25) is 0 Å². The molecule has 0 saturated heterocycles. The Bertz CT molecular complexity index is 357. The lowest BCUT2D eigenvalue weighted by molar-refractivity contribution is -0.143. The van der Waals surface area contributed by atoms with Gasteiger partial charge in [0.1, 0.15) is 6.10 Å². The zero-order chi connectivity index (χ0) is 16.5. The minimum absolute atomic E-state index is 0.00815. The number of nitrogens with one attached hydrogen (secondary N) is 1. The third-order valence-corrected chi connectivity index (χ3v) is 4.35. The second-order valence-corrected chi connectivity index (χ2v) is 6.61. The van der Waals surface area contributed by atoms with E-state index < -0.39 is 0 Å². The molecule has 5 nitrogen and oxygen atoms in total. The standard InChI is InChI=1S/C17H31NO4/c1-5-21-16(19)7-6-10-18-17(20)22-15-11-13(4)8-9-14(15)12(2)3/h12-15H,5-11H2,1-4H3,(H,18,20)/t13-,14+,15+/m1/s1. The molecule has 0 aromatic heterocycles. The van der Waals surface area contributed by atoms with Crippen molar-refractivity contribution in [1.29, 1.82) is 0 Å². The van der Waals surface area contributed by atoms with Crippen LogP contribution in [0.1, 0.15) is 59.8 Å². The Kier molecular flexibility index (Phi) is 8.28. The van der Waals surface area contributed by atoms with Gasteiger partial charge in [0.25, 0.3) is 0 Å². The Labute approximate surface area is 134 Å². The minimum atomic E-state index is -0.367. The summed E-state index contributed by atoms with van der Waals surface area (Å²) < 4.78 is 10.5. The van der Waals surface area contributed by atoms with Crippen LogP contribution in [-0.2, 0) is 14.3 Å². The Morgan fingerprint density at radius 3 is 2.64 bits per heavy atom. The number of carbonyl (C=O) groups is 2. The van der Waals surface area contributed by atoms with Crippen LogP contribution in [0, 0.1) is 17.8 Å². The molecular weight excluding hydrogens is 282 g/mol. The number of hydrogen-bond acceptors (Lipinski definition) is 4. The Morgan fingerprint density at radius 2 is 2.00 bits per heavy atom. The van der Waals surface area contributed by atoms with E-state index in [9.17, 15) is 9.59 Å². The van der Waals surface area contributed by atoms with E-state index in [0.29, 0.717) is 43.7 Å². The first-order valence-electron chi connectivity index (χ1n) is 8.54. The molecule has 0 aromatic rings. The van der Waals surface area contributed by atoms with E-state index in [2.05, 4.69) is 26.1 Å². The zero-order valence-corrected chi connectivity index (χ0v) is 14.4. The van der Waals surface area contributed by atoms with Crippen LogP contribution >= 0.6 is 0 Å². The van der Waals surface area contributed by atoms with Crippen LogP contribution in [0.25, 0.3) is 0 Å². The maximum absolute atomic E-state index is 11.9. The summed E-state index contributed by atoms with van der Waals surface area (Å²) >= 11 is 0. The molecule has 1 N–H and O–H groups in total. The molecular formula is C17H31NO4. The van der Waals surface area contributed by atoms with Crippen LogP contribution in [0.3, 0.4) is 0 Å². The third-order valence-electron chi connectivity index (χ3n) is 4.35. The first kappa shape index (κ1) is 18.8. The number of esters is 1. The molecule has 1 saturated carbocycles. The zero-order valence-electron chi connectivity index (χ0n) is 14.4. The maximum atomic E-state index is 11.9. The molecule has 3 atom stereocenters. The van der Waals surface area contributed by atoms with E-state index >= 15 is 0 Å². The molecule has 5 heteroatoms. The summed E-state index contributed by atoms with van der Waals surface area (Å²) in [7, 11) is 0. The number of amides is 1. The van der Waals surface area contributed by atoms with Crippen molar-refractivity contribution < 1.29 is 19.1 Å². The van der Waals surface area contributed by atoms with Gasteiger partial charge in [0, 0.05) is 13.0 Å². The van der Waals surface area contributed by atoms with Gasteiger partial charge in [-0.1, -0.05) is 27.2 Å². The van der Waals surface area contributed by atoms with Crippen LogP contribution in [0.15, 0.2) is 0 Å². The minimum Gasteiger partial charge on any atom is -0.466 e. The predicted molar refractivity (Wildman–Crippen MR) is 85.5 cm³/mol. The molecule has 0 unspecified atom stereocenters. The molecule has 1 amide bonds. The third kappa shape index (κ3) is 6.67. The van der Waals surface area contributed by atoms with Gasteiger partial charge in [-0.2, -0.15) is 0 Å². The normalized spacial score (nSPS) is 24.9. The lowest BCUT2D eigenvalue weighted by Gasteiger charge is -2.36. The van der Waals surface area contributed by atoms with Crippen molar-refractivity contribution >= 4 is 12.1 Å². The molecule has 0 spiro atoms. The van der Waals surface area contributed by atoms with Crippen molar-refractivity contribution in [3.63, 3.8) is 0 Å². The van der Waals surface area contributed by atoms with Crippen molar-refractivity contribution in [1.82, 2.24) is 5.32 Å². The Hall–Kier alpha value is -1.26. The molecule has 0 bridgehead atoms. The summed E-state index contributed by atoms with van der Waals surface area (Å²) in [6.45, 7) is 9.20. The SMILES string of the molecule is CCOC(=O)CCCNC(=O)O[C@H]1C[C@H](C)CC[C@H]1C(C)C. The van der Waals surface area contributed by atoms with Gasteiger partial charge in [-0.25, -0.2) is 4.79 Å². The fourth-order valence-corrected chi connectivity index (χ4v) is 3.09. The van der Waals surface area contributed by atoms with Gasteiger partial charge < -0.3 is 14.8 Å². The van der Waals surface area contributed by atoms with Crippen LogP contribution < -0.4 is 5.32 Å². The van der Waals surface area contributed by atoms with Gasteiger partial charge in [-0.05, 0) is 43.9 Å². The molecule has 0 heterocycles. The van der Waals surface area contributed by atoms with E-state index in [0.717, 1.165) is 12.8 Å². The number of ether oxygens (including phenoxy) is 2. The highest BCUT2D eigenvalue weighted by atomic mass is 16.6. The molecule has 0 aromatic carbocycles. The summed E-state index contributed by atoms with van der Waals surface area (Å²) in [5.41, 5.74) is 0. The van der Waals surface area contributed by atoms with E-state index in [1.165, 1.54) is 6.42 Å². The summed E-state index contributed by atoms with van der Waals surface area (Å²) in [6.07, 6.45) is 3.82. The molecule has 1 fully saturated rings. The smallest absolute Gasteiger partial charge is 0.407 e. The Morgan fingerprint density at radius 1 is 1.27 bits per heavy atom. The average Bonchev–Trinajstić information content (AvgIpc) is 2.43. The molecule has 1 aliphatic carbocycles. The maximum Gasteiger partial charge on any atom is 0.407 e. The van der Waals surface area contributed by atoms with Crippen LogP contribution in [0.4, 0.5) is 4.79 Å². The second-order valence-electron chi connectivity index (χ2n) is 6.61. The lowest BCUT2D eigenvalue weighted by Crippen LogP contribution is -2.39. The van der Waals surface area contributed by atoms with Gasteiger partial charge in [-0.15, -0.1) is 0 Å². The first-order valence-corrected chi connectivity index (χ1v) is 8.54. The summed E-state index contributed by atoms with van der Waals surface area (Å²) in [5, 5.41) is 2.73. The average molecular weight is 313 g/mol. The fourth-order valence-electron chi connectivity index (χ4n) is 3.09. The summed E-state index contributed by atoms with van der Waals surface area (Å²) in [6, 6.07) is 0. The Balaban J connectivity index is 2.28. The number of rotatable bonds is 7. The predicted octanol–water partition coefficient (Wildman–Crippen LogP) is 3.52. The number of alkyl carbamates (subject to hydrolysis) is 1. The van der Waals surface area contributed by atoms with E-state index in [1.807, 2.05) is 0 Å². The topological polar surface area (TPSA) is 64.6 Å². The molecule has 22 heavy (non-hydrogen) atoms. The molecule has 128 valence electrons. The van der Waals surface area contributed by atoms with Gasteiger partial charge in [-0.3, -0.25) is 4.79 Å². The molecule has 1 rings (SSSR count). The van der Waals surface area contributed by atoms with Gasteiger partial charge in [0.2, 0.25) is 0 Å². The highest BCUT2D eigenvalue weighted by Crippen LogP contribution is 2.35. The number of hydrogen-bond donors (Lipinski definition) is 1. The van der Waals surface area contributed by atoms with Gasteiger partial charge >= 0.3 is 12.1 Å². The van der Waals surface area contributed by atoms with Crippen molar-refractivity contribution in [3.8, 4) is 0 Å². The van der Waals surface area contributed by atoms with Crippen molar-refractivity contribution in [2.45, 2.75) is 65.9 Å². The van der Waals surface area contributed by atoms with Gasteiger partial charge in [0.05, 0.1) is 6.61 Å². The second kappa shape index (κ2) is 9.70.